The maximum Gasteiger partial charge on any atom is 0.247 e. The number of likely N-dealkylation sites (tertiary alicyclic amines) is 1. The quantitative estimate of drug-likeness (QED) is 0.847. The lowest BCUT2D eigenvalue weighted by molar-refractivity contribution is -0.131. The second-order valence-electron chi connectivity index (χ2n) is 6.33. The van der Waals surface area contributed by atoms with Crippen LogP contribution < -0.4 is 14.8 Å². The van der Waals surface area contributed by atoms with Gasteiger partial charge in [-0.2, -0.15) is 0 Å². The molecule has 0 aliphatic carbocycles. The lowest BCUT2D eigenvalue weighted by atomic mass is 10.1. The topological polar surface area (TPSA) is 67.9 Å². The van der Waals surface area contributed by atoms with Crippen molar-refractivity contribution in [1.29, 1.82) is 0 Å². The predicted octanol–water partition coefficient (Wildman–Crippen LogP) is 2.97. The van der Waals surface area contributed by atoms with Gasteiger partial charge in [0.15, 0.2) is 0 Å². The van der Waals surface area contributed by atoms with Crippen molar-refractivity contribution in [3.8, 4) is 11.5 Å². The summed E-state index contributed by atoms with van der Waals surface area (Å²) < 4.78 is 24.1. The maximum absolute atomic E-state index is 13.2. The Bertz CT molecular complexity index is 856. The number of likely N-dealkylation sites (N-methyl/N-ethyl adjacent to an activating group) is 1. The zero-order valence-electron chi connectivity index (χ0n) is 15.2. The Morgan fingerprint density at radius 1 is 1.30 bits per heavy atom. The summed E-state index contributed by atoms with van der Waals surface area (Å²) >= 11 is 0. The van der Waals surface area contributed by atoms with Crippen molar-refractivity contribution in [1.82, 2.24) is 4.90 Å². The molecule has 2 aromatic rings. The third kappa shape index (κ3) is 4.36. The molecule has 3 rings (SSSR count). The van der Waals surface area contributed by atoms with E-state index in [0.717, 1.165) is 5.56 Å². The number of carbonyl (C=O) groups excluding carboxylic acids is 2. The molecule has 7 heteroatoms. The van der Waals surface area contributed by atoms with Crippen LogP contribution in [-0.4, -0.2) is 36.9 Å². The fourth-order valence-electron chi connectivity index (χ4n) is 2.99. The van der Waals surface area contributed by atoms with Crippen LogP contribution >= 0.6 is 0 Å². The molecule has 27 heavy (non-hydrogen) atoms. The van der Waals surface area contributed by atoms with Gasteiger partial charge in [0.2, 0.25) is 11.8 Å². The predicted molar refractivity (Wildman–Crippen MR) is 98.1 cm³/mol. The number of halogens is 1. The molecule has 0 spiro atoms. The van der Waals surface area contributed by atoms with Crippen molar-refractivity contribution in [3.05, 3.63) is 53.8 Å². The summed E-state index contributed by atoms with van der Waals surface area (Å²) in [5.74, 6) is 0.252. The fraction of sp³-hybridized carbons (Fsp3) is 0.300. The first kappa shape index (κ1) is 18.7. The normalized spacial score (nSPS) is 16.3. The smallest absolute Gasteiger partial charge is 0.247 e. The average molecular weight is 372 g/mol. The summed E-state index contributed by atoms with van der Waals surface area (Å²) in [6, 6.07) is 10.7. The number of hydrogen-bond donors (Lipinski definition) is 1. The molecule has 2 amide bonds. The first-order chi connectivity index (χ1) is 13.0. The van der Waals surface area contributed by atoms with Gasteiger partial charge >= 0.3 is 0 Å². The van der Waals surface area contributed by atoms with Crippen molar-refractivity contribution in [2.24, 2.45) is 0 Å². The number of hydrogen-bond acceptors (Lipinski definition) is 4. The van der Waals surface area contributed by atoms with E-state index in [1.165, 1.54) is 24.1 Å². The van der Waals surface area contributed by atoms with Crippen LogP contribution in [0, 0.1) is 5.82 Å². The number of amides is 2. The molecule has 2 aromatic carbocycles. The highest BCUT2D eigenvalue weighted by Crippen LogP contribution is 2.28. The molecule has 0 bridgehead atoms. The van der Waals surface area contributed by atoms with E-state index >= 15 is 0 Å². The number of carbonyl (C=O) groups is 2. The number of benzene rings is 2. The summed E-state index contributed by atoms with van der Waals surface area (Å²) in [5, 5.41) is 2.83. The van der Waals surface area contributed by atoms with Gasteiger partial charge in [-0.3, -0.25) is 9.59 Å². The standard InChI is InChI=1S/C20H21FN2O4/c1-23-17(7-9-19(23)24)20(25)22-16-10-13(6-8-18(16)26-2)12-27-15-5-3-4-14(21)11-15/h3-6,8,10-11,17H,7,9,12H2,1-2H3,(H,22,25). The van der Waals surface area contributed by atoms with Gasteiger partial charge in [0.25, 0.3) is 0 Å². The molecule has 0 radical (unpaired) electrons. The van der Waals surface area contributed by atoms with E-state index in [9.17, 15) is 14.0 Å². The second-order valence-corrected chi connectivity index (χ2v) is 6.33. The van der Waals surface area contributed by atoms with Crippen LogP contribution in [0.15, 0.2) is 42.5 Å². The van der Waals surface area contributed by atoms with E-state index in [4.69, 9.17) is 9.47 Å². The molecule has 1 unspecified atom stereocenters. The second kappa shape index (κ2) is 8.07. The molecule has 142 valence electrons. The lowest BCUT2D eigenvalue weighted by Gasteiger charge is -2.20. The molecule has 1 N–H and O–H groups in total. The highest BCUT2D eigenvalue weighted by molar-refractivity contribution is 5.99. The summed E-state index contributed by atoms with van der Waals surface area (Å²) in [4.78, 5) is 25.6. The van der Waals surface area contributed by atoms with Crippen LogP contribution in [0.25, 0.3) is 0 Å². The number of rotatable bonds is 6. The Morgan fingerprint density at radius 2 is 2.11 bits per heavy atom. The minimum atomic E-state index is -0.491. The van der Waals surface area contributed by atoms with Crippen LogP contribution in [-0.2, 0) is 16.2 Å². The summed E-state index contributed by atoms with van der Waals surface area (Å²) in [6.45, 7) is 0.206. The molecular formula is C20H21FN2O4. The highest BCUT2D eigenvalue weighted by atomic mass is 19.1. The van der Waals surface area contributed by atoms with Crippen molar-refractivity contribution >= 4 is 17.5 Å². The van der Waals surface area contributed by atoms with Gasteiger partial charge < -0.3 is 19.7 Å². The van der Waals surface area contributed by atoms with Gasteiger partial charge in [-0.05, 0) is 36.2 Å². The zero-order chi connectivity index (χ0) is 19.4. The SMILES string of the molecule is COc1ccc(COc2cccc(F)c2)cc1NC(=O)C1CCC(=O)N1C. The number of nitrogens with one attached hydrogen (secondary N) is 1. The Labute approximate surface area is 156 Å². The summed E-state index contributed by atoms with van der Waals surface area (Å²) in [5.41, 5.74) is 1.28. The number of ether oxygens (including phenoxy) is 2. The van der Waals surface area contributed by atoms with Gasteiger partial charge in [-0.15, -0.1) is 0 Å². The van der Waals surface area contributed by atoms with E-state index in [0.29, 0.717) is 30.0 Å². The number of methoxy groups -OCH3 is 1. The molecule has 1 heterocycles. The largest absolute Gasteiger partial charge is 0.495 e. The minimum Gasteiger partial charge on any atom is -0.495 e. The van der Waals surface area contributed by atoms with Gasteiger partial charge in [-0.1, -0.05) is 12.1 Å². The van der Waals surface area contributed by atoms with E-state index in [-0.39, 0.29) is 24.2 Å². The molecular weight excluding hydrogens is 351 g/mol. The molecule has 1 atom stereocenters. The maximum atomic E-state index is 13.2. The van der Waals surface area contributed by atoms with Crippen molar-refractivity contribution in [2.75, 3.05) is 19.5 Å². The van der Waals surface area contributed by atoms with Gasteiger partial charge in [0, 0.05) is 19.5 Å². The average Bonchev–Trinajstić information content (AvgIpc) is 2.99. The monoisotopic (exact) mass is 372 g/mol. The number of anilines is 1. The summed E-state index contributed by atoms with van der Waals surface area (Å²) in [7, 11) is 3.14. The first-order valence-corrected chi connectivity index (χ1v) is 8.59. The van der Waals surface area contributed by atoms with E-state index in [1.807, 2.05) is 0 Å². The van der Waals surface area contributed by atoms with Crippen LogP contribution in [0.3, 0.4) is 0 Å². The van der Waals surface area contributed by atoms with E-state index in [1.54, 1.807) is 37.4 Å². The Morgan fingerprint density at radius 3 is 2.78 bits per heavy atom. The van der Waals surface area contributed by atoms with Crippen LogP contribution in [0.1, 0.15) is 18.4 Å². The van der Waals surface area contributed by atoms with E-state index in [2.05, 4.69) is 5.32 Å². The van der Waals surface area contributed by atoms with Crippen LogP contribution in [0.2, 0.25) is 0 Å². The Hall–Kier alpha value is -3.09. The molecule has 0 aromatic heterocycles. The third-order valence-electron chi connectivity index (χ3n) is 4.52. The highest BCUT2D eigenvalue weighted by Gasteiger charge is 2.33. The zero-order valence-corrected chi connectivity index (χ0v) is 15.2. The van der Waals surface area contributed by atoms with Crippen molar-refractivity contribution < 1.29 is 23.5 Å². The molecule has 1 aliphatic rings. The Kier molecular flexibility index (Phi) is 5.59. The molecule has 1 fully saturated rings. The van der Waals surface area contributed by atoms with Gasteiger partial charge in [-0.25, -0.2) is 4.39 Å². The fourth-order valence-corrected chi connectivity index (χ4v) is 2.99. The molecule has 0 saturated carbocycles. The van der Waals surface area contributed by atoms with Gasteiger partial charge in [0.05, 0.1) is 12.8 Å². The lowest BCUT2D eigenvalue weighted by Crippen LogP contribution is -2.38. The molecule has 1 saturated heterocycles. The van der Waals surface area contributed by atoms with Gasteiger partial charge in [0.1, 0.15) is 30.0 Å². The van der Waals surface area contributed by atoms with Crippen LogP contribution in [0.5, 0.6) is 11.5 Å². The molecule has 6 nitrogen and oxygen atoms in total. The minimum absolute atomic E-state index is 0.0423. The first-order valence-electron chi connectivity index (χ1n) is 8.59. The van der Waals surface area contributed by atoms with E-state index < -0.39 is 6.04 Å². The third-order valence-corrected chi connectivity index (χ3v) is 4.52. The van der Waals surface area contributed by atoms with Crippen molar-refractivity contribution in [3.63, 3.8) is 0 Å². The number of nitrogens with zero attached hydrogens (tertiary/aromatic N) is 1. The van der Waals surface area contributed by atoms with Crippen LogP contribution in [0.4, 0.5) is 10.1 Å². The Balaban J connectivity index is 1.71. The van der Waals surface area contributed by atoms with Crippen molar-refractivity contribution in [2.45, 2.75) is 25.5 Å². The molecule has 1 aliphatic heterocycles. The summed E-state index contributed by atoms with van der Waals surface area (Å²) in [6.07, 6.45) is 0.860.